The summed E-state index contributed by atoms with van der Waals surface area (Å²) in [5.74, 6) is 0. The van der Waals surface area contributed by atoms with Gasteiger partial charge in [0.05, 0.1) is 6.61 Å². The molecule has 1 fully saturated rings. The molecule has 2 rings (SSSR count). The molecule has 0 bridgehead atoms. The summed E-state index contributed by atoms with van der Waals surface area (Å²) in [5, 5.41) is 3.63. The highest BCUT2D eigenvalue weighted by atomic mass is 16.6. The van der Waals surface area contributed by atoms with Gasteiger partial charge < -0.3 is 5.32 Å². The summed E-state index contributed by atoms with van der Waals surface area (Å²) in [5.41, 5.74) is 4.36. The number of rotatable bonds is 6. The van der Waals surface area contributed by atoms with Crippen LogP contribution in [0.4, 0.5) is 0 Å². The van der Waals surface area contributed by atoms with Gasteiger partial charge in [0.2, 0.25) is 0 Å². The number of benzene rings is 1. The van der Waals surface area contributed by atoms with Gasteiger partial charge in [-0.3, -0.25) is 4.84 Å². The van der Waals surface area contributed by atoms with Crippen LogP contribution in [-0.2, 0) is 11.4 Å². The van der Waals surface area contributed by atoms with Crippen LogP contribution >= 0.6 is 0 Å². The van der Waals surface area contributed by atoms with E-state index in [1.807, 2.05) is 18.2 Å². The van der Waals surface area contributed by atoms with Crippen LogP contribution in [-0.4, -0.2) is 18.6 Å². The summed E-state index contributed by atoms with van der Waals surface area (Å²) in [6, 6.07) is 11.3. The van der Waals surface area contributed by atoms with Crippen LogP contribution < -0.4 is 10.8 Å². The maximum atomic E-state index is 5.58. The molecule has 2 N–H and O–H groups in total. The number of nitrogens with one attached hydrogen (secondary N) is 2. The largest absolute Gasteiger partial charge is 0.314 e. The van der Waals surface area contributed by atoms with Crippen LogP contribution in [0.2, 0.25) is 0 Å². The standard InChI is InChI=1S/C16H26N2O/c1-14(12-16-10-6-3-7-11-17-16)18-19-13-15-8-4-2-5-9-15/h2,4-5,8-9,14,16-18H,3,6-7,10-13H2,1H3. The molecular weight excluding hydrogens is 236 g/mol. The van der Waals surface area contributed by atoms with Gasteiger partial charge in [-0.05, 0) is 38.3 Å². The van der Waals surface area contributed by atoms with Crippen molar-refractivity contribution in [2.24, 2.45) is 0 Å². The molecule has 1 saturated heterocycles. The Morgan fingerprint density at radius 1 is 1.26 bits per heavy atom. The number of hydrogen-bond donors (Lipinski definition) is 2. The second-order valence-electron chi connectivity index (χ2n) is 5.53. The van der Waals surface area contributed by atoms with Gasteiger partial charge in [-0.15, -0.1) is 0 Å². The van der Waals surface area contributed by atoms with E-state index in [1.165, 1.54) is 37.8 Å². The van der Waals surface area contributed by atoms with Crippen LogP contribution in [0.15, 0.2) is 30.3 Å². The molecule has 2 atom stereocenters. The van der Waals surface area contributed by atoms with Crippen molar-refractivity contribution >= 4 is 0 Å². The molecule has 19 heavy (non-hydrogen) atoms. The molecule has 0 radical (unpaired) electrons. The zero-order chi connectivity index (χ0) is 13.3. The summed E-state index contributed by atoms with van der Waals surface area (Å²) in [6.07, 6.45) is 6.48. The third-order valence-electron chi connectivity index (χ3n) is 3.67. The van der Waals surface area contributed by atoms with Gasteiger partial charge in [-0.2, -0.15) is 5.48 Å². The fraction of sp³-hybridized carbons (Fsp3) is 0.625. The second kappa shape index (κ2) is 8.31. The highest BCUT2D eigenvalue weighted by Gasteiger charge is 2.14. The minimum absolute atomic E-state index is 0.388. The first-order valence-electron chi connectivity index (χ1n) is 7.49. The molecule has 1 aromatic carbocycles. The van der Waals surface area contributed by atoms with E-state index in [9.17, 15) is 0 Å². The number of hydrogen-bond acceptors (Lipinski definition) is 3. The molecule has 0 aromatic heterocycles. The monoisotopic (exact) mass is 262 g/mol. The molecule has 1 aliphatic rings. The Bertz CT molecular complexity index is 334. The van der Waals surface area contributed by atoms with Gasteiger partial charge in [-0.1, -0.05) is 43.2 Å². The van der Waals surface area contributed by atoms with E-state index in [1.54, 1.807) is 0 Å². The minimum atomic E-state index is 0.388. The molecule has 1 heterocycles. The molecule has 0 saturated carbocycles. The predicted octanol–water partition coefficient (Wildman–Crippen LogP) is 3.02. The van der Waals surface area contributed by atoms with Crippen molar-refractivity contribution < 1.29 is 4.84 Å². The van der Waals surface area contributed by atoms with Gasteiger partial charge >= 0.3 is 0 Å². The molecule has 1 aromatic rings. The summed E-state index contributed by atoms with van der Waals surface area (Å²) in [6.45, 7) is 3.99. The first kappa shape index (κ1) is 14.5. The minimum Gasteiger partial charge on any atom is -0.314 e. The molecule has 3 nitrogen and oxygen atoms in total. The first-order chi connectivity index (χ1) is 9.34. The summed E-state index contributed by atoms with van der Waals surface area (Å²) in [4.78, 5) is 5.58. The van der Waals surface area contributed by atoms with Crippen molar-refractivity contribution in [3.63, 3.8) is 0 Å². The Morgan fingerprint density at radius 3 is 2.95 bits per heavy atom. The lowest BCUT2D eigenvalue weighted by molar-refractivity contribution is 0.00365. The van der Waals surface area contributed by atoms with Gasteiger partial charge in [0.15, 0.2) is 0 Å². The molecule has 0 aliphatic carbocycles. The highest BCUT2D eigenvalue weighted by molar-refractivity contribution is 5.13. The van der Waals surface area contributed by atoms with E-state index in [4.69, 9.17) is 4.84 Å². The van der Waals surface area contributed by atoms with Crippen molar-refractivity contribution in [2.75, 3.05) is 6.54 Å². The molecular formula is C16H26N2O. The zero-order valence-corrected chi connectivity index (χ0v) is 11.9. The van der Waals surface area contributed by atoms with Crippen molar-refractivity contribution in [2.45, 2.75) is 57.7 Å². The number of hydroxylamine groups is 1. The van der Waals surface area contributed by atoms with Crippen molar-refractivity contribution in [1.29, 1.82) is 0 Å². The highest BCUT2D eigenvalue weighted by Crippen LogP contribution is 2.12. The van der Waals surface area contributed by atoms with E-state index >= 15 is 0 Å². The molecule has 0 spiro atoms. The topological polar surface area (TPSA) is 33.3 Å². The fourth-order valence-electron chi connectivity index (χ4n) is 2.62. The summed E-state index contributed by atoms with van der Waals surface area (Å²) >= 11 is 0. The third kappa shape index (κ3) is 5.72. The van der Waals surface area contributed by atoms with Gasteiger partial charge in [0, 0.05) is 12.1 Å². The Labute approximate surface area is 116 Å². The average molecular weight is 262 g/mol. The Hall–Kier alpha value is -0.900. The maximum Gasteiger partial charge on any atom is 0.0933 e. The van der Waals surface area contributed by atoms with E-state index in [0.29, 0.717) is 18.7 Å². The van der Waals surface area contributed by atoms with Gasteiger partial charge in [-0.25, -0.2) is 0 Å². The Morgan fingerprint density at radius 2 is 2.11 bits per heavy atom. The molecule has 3 heteroatoms. The van der Waals surface area contributed by atoms with Crippen LogP contribution in [0, 0.1) is 0 Å². The van der Waals surface area contributed by atoms with Crippen LogP contribution in [0.25, 0.3) is 0 Å². The predicted molar refractivity (Wildman–Crippen MR) is 78.7 cm³/mol. The SMILES string of the molecule is CC(CC1CCCCCN1)NOCc1ccccc1. The van der Waals surface area contributed by atoms with Gasteiger partial charge in [0.1, 0.15) is 0 Å². The smallest absolute Gasteiger partial charge is 0.0933 e. The normalized spacial score (nSPS) is 21.8. The van der Waals surface area contributed by atoms with Crippen molar-refractivity contribution in [3.05, 3.63) is 35.9 Å². The second-order valence-corrected chi connectivity index (χ2v) is 5.53. The fourth-order valence-corrected chi connectivity index (χ4v) is 2.62. The Balaban J connectivity index is 1.62. The van der Waals surface area contributed by atoms with Crippen LogP contribution in [0.1, 0.15) is 44.6 Å². The van der Waals surface area contributed by atoms with E-state index in [-0.39, 0.29) is 0 Å². The molecule has 106 valence electrons. The molecule has 2 unspecified atom stereocenters. The van der Waals surface area contributed by atoms with E-state index in [2.05, 4.69) is 29.9 Å². The lowest BCUT2D eigenvalue weighted by Gasteiger charge is -2.21. The lowest BCUT2D eigenvalue weighted by atomic mass is 10.0. The molecule has 1 aliphatic heterocycles. The summed E-state index contributed by atoms with van der Waals surface area (Å²) < 4.78 is 0. The van der Waals surface area contributed by atoms with Crippen LogP contribution in [0.5, 0.6) is 0 Å². The average Bonchev–Trinajstić information content (AvgIpc) is 2.68. The zero-order valence-electron chi connectivity index (χ0n) is 11.9. The van der Waals surface area contributed by atoms with Crippen molar-refractivity contribution in [3.8, 4) is 0 Å². The van der Waals surface area contributed by atoms with E-state index in [0.717, 1.165) is 6.42 Å². The Kier molecular flexibility index (Phi) is 6.34. The molecule has 0 amide bonds. The first-order valence-corrected chi connectivity index (χ1v) is 7.49. The van der Waals surface area contributed by atoms with Crippen LogP contribution in [0.3, 0.4) is 0 Å². The summed E-state index contributed by atoms with van der Waals surface area (Å²) in [7, 11) is 0. The third-order valence-corrected chi connectivity index (χ3v) is 3.67. The maximum absolute atomic E-state index is 5.58. The lowest BCUT2D eigenvalue weighted by Crippen LogP contribution is -2.36. The quantitative estimate of drug-likeness (QED) is 0.773. The van der Waals surface area contributed by atoms with Gasteiger partial charge in [0.25, 0.3) is 0 Å². The van der Waals surface area contributed by atoms with E-state index < -0.39 is 0 Å². The van der Waals surface area contributed by atoms with Crippen molar-refractivity contribution in [1.82, 2.24) is 10.8 Å².